The van der Waals surface area contributed by atoms with Crippen LogP contribution in [0.2, 0.25) is 0 Å². The normalized spacial score (nSPS) is 13.0. The van der Waals surface area contributed by atoms with Gasteiger partial charge in [-0.3, -0.25) is 14.4 Å². The van der Waals surface area contributed by atoms with Gasteiger partial charge in [0.15, 0.2) is 0 Å². The maximum atomic E-state index is 13.5. The Hall–Kier alpha value is -4.50. The van der Waals surface area contributed by atoms with Crippen molar-refractivity contribution < 1.29 is 29.0 Å². The molecule has 3 aromatic carbocycles. The van der Waals surface area contributed by atoms with Crippen molar-refractivity contribution in [3.8, 4) is 0 Å². The van der Waals surface area contributed by atoms with E-state index in [0.717, 1.165) is 16.7 Å². The second-order valence-electron chi connectivity index (χ2n) is 10.9. The molecule has 0 aromatic heterocycles. The van der Waals surface area contributed by atoms with E-state index in [2.05, 4.69) is 16.0 Å². The maximum Gasteiger partial charge on any atom is 0.326 e. The molecule has 0 bridgehead atoms. The largest absolute Gasteiger partial charge is 0.480 e. The van der Waals surface area contributed by atoms with Crippen LogP contribution in [0, 0.1) is 5.92 Å². The van der Waals surface area contributed by atoms with Crippen molar-refractivity contribution in [2.75, 3.05) is 6.61 Å². The van der Waals surface area contributed by atoms with Crippen LogP contribution in [0.15, 0.2) is 91.0 Å². The smallest absolute Gasteiger partial charge is 0.326 e. The van der Waals surface area contributed by atoms with Gasteiger partial charge in [0.05, 0.1) is 6.61 Å². The standard InChI is InChI=1S/C34H41N3O6/c1-24(2)20-29(33(40)37-30(34(41)42)21-26-14-8-4-9-15-26)36-32(39)28(19-18-25-12-6-3-7-13-25)35-31(38)23-43-22-27-16-10-5-11-17-27/h3-17,24,28-30H,18-23H2,1-2H3,(H,35,38)(H,36,39)(H,37,40)(H,41,42)/t28-,29-,30-/m0/s1. The van der Waals surface area contributed by atoms with Crippen LogP contribution in [0.5, 0.6) is 0 Å². The lowest BCUT2D eigenvalue weighted by Gasteiger charge is -2.25. The highest BCUT2D eigenvalue weighted by molar-refractivity contribution is 5.93. The van der Waals surface area contributed by atoms with Gasteiger partial charge in [-0.2, -0.15) is 0 Å². The number of carboxylic acids is 1. The molecule has 0 unspecified atom stereocenters. The van der Waals surface area contributed by atoms with Gasteiger partial charge in [-0.1, -0.05) is 105 Å². The molecule has 3 atom stereocenters. The number of aliphatic carboxylic acids is 1. The molecular weight excluding hydrogens is 546 g/mol. The third-order valence-corrected chi connectivity index (χ3v) is 6.80. The van der Waals surface area contributed by atoms with Gasteiger partial charge >= 0.3 is 5.97 Å². The molecule has 3 rings (SSSR count). The molecule has 0 fully saturated rings. The van der Waals surface area contributed by atoms with E-state index in [4.69, 9.17) is 4.74 Å². The fourth-order valence-electron chi connectivity index (χ4n) is 4.59. The molecule has 9 heteroatoms. The number of carbonyl (C=O) groups is 4. The molecule has 0 heterocycles. The summed E-state index contributed by atoms with van der Waals surface area (Å²) in [5.74, 6) is -2.72. The van der Waals surface area contributed by atoms with Crippen molar-refractivity contribution in [3.05, 3.63) is 108 Å². The van der Waals surface area contributed by atoms with E-state index in [1.807, 2.05) is 80.6 Å². The Morgan fingerprint density at radius 2 is 1.19 bits per heavy atom. The van der Waals surface area contributed by atoms with E-state index >= 15 is 0 Å². The summed E-state index contributed by atoms with van der Waals surface area (Å²) in [4.78, 5) is 51.6. The number of ether oxygens (including phenoxy) is 1. The number of benzene rings is 3. The van der Waals surface area contributed by atoms with Crippen molar-refractivity contribution in [2.24, 2.45) is 5.92 Å². The first-order valence-electron chi connectivity index (χ1n) is 14.5. The molecular formula is C34H41N3O6. The number of carboxylic acid groups (broad SMARTS) is 1. The Morgan fingerprint density at radius 3 is 1.74 bits per heavy atom. The van der Waals surface area contributed by atoms with E-state index in [0.29, 0.717) is 12.8 Å². The van der Waals surface area contributed by atoms with Crippen LogP contribution in [0.3, 0.4) is 0 Å². The zero-order valence-electron chi connectivity index (χ0n) is 24.7. The Bertz CT molecular complexity index is 1300. The van der Waals surface area contributed by atoms with E-state index in [9.17, 15) is 24.3 Å². The van der Waals surface area contributed by atoms with Crippen LogP contribution in [0.25, 0.3) is 0 Å². The molecule has 228 valence electrons. The number of hydrogen-bond acceptors (Lipinski definition) is 5. The Morgan fingerprint density at radius 1 is 0.674 bits per heavy atom. The van der Waals surface area contributed by atoms with Gasteiger partial charge in [0.2, 0.25) is 17.7 Å². The Labute approximate surface area is 253 Å². The molecule has 9 nitrogen and oxygen atoms in total. The predicted octanol–water partition coefficient (Wildman–Crippen LogP) is 3.66. The van der Waals surface area contributed by atoms with Crippen LogP contribution in [0.4, 0.5) is 0 Å². The molecule has 3 amide bonds. The van der Waals surface area contributed by atoms with Gasteiger partial charge in [0.25, 0.3) is 0 Å². The van der Waals surface area contributed by atoms with Crippen LogP contribution in [0.1, 0.15) is 43.4 Å². The molecule has 0 saturated carbocycles. The van der Waals surface area contributed by atoms with Crippen molar-refractivity contribution in [2.45, 2.75) is 64.3 Å². The summed E-state index contributed by atoms with van der Waals surface area (Å²) in [6, 6.07) is 24.9. The first-order chi connectivity index (χ1) is 20.7. The number of aryl methyl sites for hydroxylation is 1. The molecule has 3 aromatic rings. The van der Waals surface area contributed by atoms with E-state index in [1.165, 1.54) is 0 Å². The van der Waals surface area contributed by atoms with Gasteiger partial charge in [-0.05, 0) is 41.9 Å². The van der Waals surface area contributed by atoms with Gasteiger partial charge in [-0.25, -0.2) is 4.79 Å². The third kappa shape index (κ3) is 12.1. The van der Waals surface area contributed by atoms with Crippen LogP contribution in [-0.2, 0) is 43.4 Å². The first kappa shape index (κ1) is 33.0. The number of amides is 3. The minimum atomic E-state index is -1.17. The fraction of sp³-hybridized carbons (Fsp3) is 0.353. The maximum absolute atomic E-state index is 13.5. The second-order valence-corrected chi connectivity index (χ2v) is 10.9. The summed E-state index contributed by atoms with van der Waals surface area (Å²) in [5, 5.41) is 17.9. The molecule has 0 radical (unpaired) electrons. The van der Waals surface area contributed by atoms with Crippen LogP contribution < -0.4 is 16.0 Å². The van der Waals surface area contributed by atoms with E-state index < -0.39 is 41.8 Å². The second kappa shape index (κ2) is 17.5. The lowest BCUT2D eigenvalue weighted by molar-refractivity contribution is -0.142. The Kier molecular flexibility index (Phi) is 13.4. The average Bonchev–Trinajstić information content (AvgIpc) is 2.99. The van der Waals surface area contributed by atoms with Gasteiger partial charge in [0.1, 0.15) is 24.7 Å². The zero-order chi connectivity index (χ0) is 31.0. The third-order valence-electron chi connectivity index (χ3n) is 6.80. The molecule has 4 N–H and O–H groups in total. The van der Waals surface area contributed by atoms with E-state index in [-0.39, 0.29) is 32.0 Å². The van der Waals surface area contributed by atoms with Crippen molar-refractivity contribution in [3.63, 3.8) is 0 Å². The molecule has 0 saturated heterocycles. The molecule has 0 spiro atoms. The Balaban J connectivity index is 1.68. The highest BCUT2D eigenvalue weighted by Crippen LogP contribution is 2.11. The van der Waals surface area contributed by atoms with Crippen LogP contribution in [-0.4, -0.2) is 53.5 Å². The molecule has 0 aliphatic carbocycles. The number of carbonyl (C=O) groups excluding carboxylic acids is 3. The van der Waals surface area contributed by atoms with Crippen LogP contribution >= 0.6 is 0 Å². The lowest BCUT2D eigenvalue weighted by Crippen LogP contribution is -2.56. The summed E-state index contributed by atoms with van der Waals surface area (Å²) in [6.45, 7) is 3.83. The van der Waals surface area contributed by atoms with Gasteiger partial charge in [-0.15, -0.1) is 0 Å². The van der Waals surface area contributed by atoms with Crippen molar-refractivity contribution in [1.29, 1.82) is 0 Å². The highest BCUT2D eigenvalue weighted by atomic mass is 16.5. The monoisotopic (exact) mass is 587 g/mol. The first-order valence-corrected chi connectivity index (χ1v) is 14.5. The van der Waals surface area contributed by atoms with Gasteiger partial charge in [0, 0.05) is 6.42 Å². The summed E-state index contributed by atoms with van der Waals surface area (Å²) in [7, 11) is 0. The van der Waals surface area contributed by atoms with E-state index in [1.54, 1.807) is 24.3 Å². The lowest BCUT2D eigenvalue weighted by atomic mass is 10.00. The molecule has 43 heavy (non-hydrogen) atoms. The summed E-state index contributed by atoms with van der Waals surface area (Å²) >= 11 is 0. The SMILES string of the molecule is CC(C)C[C@H](NC(=O)[C@H](CCc1ccccc1)NC(=O)COCc1ccccc1)C(=O)N[C@@H](Cc1ccccc1)C(=O)O. The minimum absolute atomic E-state index is 0.0252. The van der Waals surface area contributed by atoms with Gasteiger partial charge < -0.3 is 25.8 Å². The van der Waals surface area contributed by atoms with Crippen molar-refractivity contribution >= 4 is 23.7 Å². The molecule has 0 aliphatic rings. The number of rotatable bonds is 17. The number of nitrogens with one attached hydrogen (secondary N) is 3. The average molecular weight is 588 g/mol. The van der Waals surface area contributed by atoms with Crippen molar-refractivity contribution in [1.82, 2.24) is 16.0 Å². The fourth-order valence-corrected chi connectivity index (χ4v) is 4.59. The quantitative estimate of drug-likeness (QED) is 0.191. The minimum Gasteiger partial charge on any atom is -0.480 e. The summed E-state index contributed by atoms with van der Waals surface area (Å²) < 4.78 is 5.55. The molecule has 0 aliphatic heterocycles. The highest BCUT2D eigenvalue weighted by Gasteiger charge is 2.30. The summed E-state index contributed by atoms with van der Waals surface area (Å²) in [5.41, 5.74) is 2.68. The predicted molar refractivity (Wildman–Crippen MR) is 164 cm³/mol. The number of hydrogen-bond donors (Lipinski definition) is 4. The summed E-state index contributed by atoms with van der Waals surface area (Å²) in [6.07, 6.45) is 1.20. The topological polar surface area (TPSA) is 134 Å². The zero-order valence-corrected chi connectivity index (χ0v) is 24.7.